The lowest BCUT2D eigenvalue weighted by atomic mass is 10.1. The molecule has 1 fully saturated rings. The predicted molar refractivity (Wildman–Crippen MR) is 33.1 cm³/mol. The third kappa shape index (κ3) is 0.671. The Morgan fingerprint density at radius 1 is 1.60 bits per heavy atom. The molecule has 2 rings (SSSR count). The van der Waals surface area contributed by atoms with Crippen molar-refractivity contribution in [1.82, 2.24) is 0 Å². The first-order chi connectivity index (χ1) is 4.77. The topological polar surface area (TPSA) is 46.5 Å². The second-order valence-electron chi connectivity index (χ2n) is 2.70. The zero-order valence-corrected chi connectivity index (χ0v) is 5.36. The van der Waals surface area contributed by atoms with Crippen LogP contribution in [0.1, 0.15) is 6.42 Å². The first-order valence-corrected chi connectivity index (χ1v) is 3.33. The van der Waals surface area contributed by atoms with Gasteiger partial charge in [-0.05, 0) is 0 Å². The summed E-state index contributed by atoms with van der Waals surface area (Å²) < 4.78 is 4.85. The van der Waals surface area contributed by atoms with E-state index in [9.17, 15) is 4.79 Å². The van der Waals surface area contributed by atoms with Crippen LogP contribution in [-0.4, -0.2) is 23.3 Å². The van der Waals surface area contributed by atoms with Crippen LogP contribution in [0.5, 0.6) is 0 Å². The molecule has 3 atom stereocenters. The highest BCUT2D eigenvalue weighted by Crippen LogP contribution is 2.31. The highest BCUT2D eigenvalue weighted by atomic mass is 16.6. The minimum atomic E-state index is -0.573. The van der Waals surface area contributed by atoms with Crippen LogP contribution in [0.3, 0.4) is 0 Å². The molecule has 0 spiro atoms. The van der Waals surface area contributed by atoms with E-state index in [-0.39, 0.29) is 18.0 Å². The van der Waals surface area contributed by atoms with E-state index in [1.165, 1.54) is 0 Å². The molecule has 0 aromatic rings. The minimum absolute atomic E-state index is 0.127. The van der Waals surface area contributed by atoms with Crippen LogP contribution in [0.25, 0.3) is 0 Å². The summed E-state index contributed by atoms with van der Waals surface area (Å²) in [5, 5.41) is 9.15. The van der Waals surface area contributed by atoms with Gasteiger partial charge >= 0.3 is 5.97 Å². The van der Waals surface area contributed by atoms with E-state index < -0.39 is 6.10 Å². The van der Waals surface area contributed by atoms with E-state index >= 15 is 0 Å². The van der Waals surface area contributed by atoms with Crippen molar-refractivity contribution < 1.29 is 14.6 Å². The van der Waals surface area contributed by atoms with E-state index in [1.54, 1.807) is 6.08 Å². The molecule has 1 N–H and O–H groups in total. The third-order valence-corrected chi connectivity index (χ3v) is 1.98. The minimum Gasteiger partial charge on any atom is -0.459 e. The zero-order chi connectivity index (χ0) is 7.14. The molecule has 54 valence electrons. The van der Waals surface area contributed by atoms with Gasteiger partial charge in [0, 0.05) is 5.92 Å². The Hall–Kier alpha value is -0.830. The molecule has 1 aliphatic heterocycles. The lowest BCUT2D eigenvalue weighted by Crippen LogP contribution is -2.23. The van der Waals surface area contributed by atoms with E-state index in [2.05, 4.69) is 0 Å². The van der Waals surface area contributed by atoms with Crippen molar-refractivity contribution >= 4 is 5.97 Å². The highest BCUT2D eigenvalue weighted by Gasteiger charge is 2.40. The van der Waals surface area contributed by atoms with Gasteiger partial charge in [-0.1, -0.05) is 12.2 Å². The Bertz CT molecular complexity index is 197. The second-order valence-corrected chi connectivity index (χ2v) is 2.70. The van der Waals surface area contributed by atoms with Crippen LogP contribution in [0.4, 0.5) is 0 Å². The van der Waals surface area contributed by atoms with Crippen molar-refractivity contribution in [1.29, 1.82) is 0 Å². The number of fused-ring (bicyclic) bond motifs is 1. The van der Waals surface area contributed by atoms with Gasteiger partial charge in [-0.3, -0.25) is 4.79 Å². The molecule has 0 saturated carbocycles. The monoisotopic (exact) mass is 140 g/mol. The maximum Gasteiger partial charge on any atom is 0.306 e. The van der Waals surface area contributed by atoms with E-state index in [1.807, 2.05) is 6.08 Å². The third-order valence-electron chi connectivity index (χ3n) is 1.98. The van der Waals surface area contributed by atoms with Crippen LogP contribution in [-0.2, 0) is 9.53 Å². The number of hydrogen-bond donors (Lipinski definition) is 1. The Morgan fingerprint density at radius 3 is 3.10 bits per heavy atom. The van der Waals surface area contributed by atoms with E-state index in [4.69, 9.17) is 9.84 Å². The average molecular weight is 140 g/mol. The maximum atomic E-state index is 10.6. The number of carbonyl (C=O) groups is 1. The Morgan fingerprint density at radius 2 is 2.40 bits per heavy atom. The zero-order valence-electron chi connectivity index (χ0n) is 5.36. The summed E-state index contributed by atoms with van der Waals surface area (Å²) in [5.74, 6) is -0.0686. The van der Waals surface area contributed by atoms with Crippen LogP contribution >= 0.6 is 0 Å². The number of ether oxygens (including phenoxy) is 1. The number of rotatable bonds is 0. The summed E-state index contributed by atoms with van der Waals surface area (Å²) in [6.45, 7) is 0. The standard InChI is InChI=1S/C7H8O3/c8-5-2-1-4-3-6(9)10-7(4)5/h1-2,4-5,7-8H,3H2/t4-,5+,7+/m0/s1. The molecule has 1 heterocycles. The molecule has 3 heteroatoms. The fourth-order valence-electron chi connectivity index (χ4n) is 1.46. The number of aliphatic hydroxyl groups excluding tert-OH is 1. The number of aliphatic hydroxyl groups is 1. The summed E-state index contributed by atoms with van der Waals surface area (Å²) >= 11 is 0. The van der Waals surface area contributed by atoms with Gasteiger partial charge in [0.25, 0.3) is 0 Å². The molecule has 3 nitrogen and oxygen atoms in total. The molecule has 0 aromatic heterocycles. The summed E-state index contributed by atoms with van der Waals surface area (Å²) in [5.41, 5.74) is 0. The summed E-state index contributed by atoms with van der Waals surface area (Å²) in [4.78, 5) is 10.6. The molecule has 10 heavy (non-hydrogen) atoms. The van der Waals surface area contributed by atoms with Gasteiger partial charge in [-0.2, -0.15) is 0 Å². The van der Waals surface area contributed by atoms with Crippen LogP contribution < -0.4 is 0 Å². The molecule has 1 saturated heterocycles. The van der Waals surface area contributed by atoms with Crippen molar-refractivity contribution in [3.8, 4) is 0 Å². The SMILES string of the molecule is O=C1C[C@@H]2C=C[C@@H](O)[C@@H]2O1. The van der Waals surface area contributed by atoms with Gasteiger partial charge in [-0.25, -0.2) is 0 Å². The molecular weight excluding hydrogens is 132 g/mol. The van der Waals surface area contributed by atoms with E-state index in [0.29, 0.717) is 6.42 Å². The Kier molecular flexibility index (Phi) is 1.08. The first kappa shape index (κ1) is 5.92. The largest absolute Gasteiger partial charge is 0.459 e. The molecule has 1 aliphatic carbocycles. The lowest BCUT2D eigenvalue weighted by Gasteiger charge is -2.10. The quantitative estimate of drug-likeness (QED) is 0.376. The molecule has 0 amide bonds. The van der Waals surface area contributed by atoms with Crippen LogP contribution in [0, 0.1) is 5.92 Å². The molecular formula is C7H8O3. The van der Waals surface area contributed by atoms with Crippen LogP contribution in [0.2, 0.25) is 0 Å². The average Bonchev–Trinajstić information content (AvgIpc) is 2.35. The summed E-state index contributed by atoms with van der Waals surface area (Å²) in [6, 6.07) is 0. The van der Waals surface area contributed by atoms with Crippen molar-refractivity contribution in [2.75, 3.05) is 0 Å². The molecule has 0 radical (unpaired) electrons. The van der Waals surface area contributed by atoms with Gasteiger partial charge in [0.2, 0.25) is 0 Å². The number of esters is 1. The highest BCUT2D eigenvalue weighted by molar-refractivity contribution is 5.73. The summed E-state index contributed by atoms with van der Waals surface area (Å²) in [6.07, 6.45) is 3.10. The van der Waals surface area contributed by atoms with Crippen molar-refractivity contribution in [2.24, 2.45) is 5.92 Å². The van der Waals surface area contributed by atoms with Crippen LogP contribution in [0.15, 0.2) is 12.2 Å². The smallest absolute Gasteiger partial charge is 0.306 e. The van der Waals surface area contributed by atoms with Gasteiger partial charge in [0.1, 0.15) is 12.2 Å². The second kappa shape index (κ2) is 1.83. The molecule has 0 bridgehead atoms. The molecule has 2 aliphatic rings. The fraction of sp³-hybridized carbons (Fsp3) is 0.571. The lowest BCUT2D eigenvalue weighted by molar-refractivity contribution is -0.144. The van der Waals surface area contributed by atoms with Gasteiger partial charge < -0.3 is 9.84 Å². The first-order valence-electron chi connectivity index (χ1n) is 3.33. The Labute approximate surface area is 58.3 Å². The van der Waals surface area contributed by atoms with Crippen molar-refractivity contribution in [2.45, 2.75) is 18.6 Å². The number of carbonyl (C=O) groups excluding carboxylic acids is 1. The van der Waals surface area contributed by atoms with Crippen molar-refractivity contribution in [3.63, 3.8) is 0 Å². The molecule has 0 unspecified atom stereocenters. The predicted octanol–water partition coefficient (Wildman–Crippen LogP) is -0.151. The normalized spacial score (nSPS) is 43.7. The van der Waals surface area contributed by atoms with Crippen molar-refractivity contribution in [3.05, 3.63) is 12.2 Å². The maximum absolute atomic E-state index is 10.6. The molecule has 0 aromatic carbocycles. The number of hydrogen-bond acceptors (Lipinski definition) is 3. The van der Waals surface area contributed by atoms with Gasteiger partial charge in [0.15, 0.2) is 0 Å². The fourth-order valence-corrected chi connectivity index (χ4v) is 1.46. The van der Waals surface area contributed by atoms with Gasteiger partial charge in [0.05, 0.1) is 6.42 Å². The Balaban J connectivity index is 2.19. The van der Waals surface area contributed by atoms with E-state index in [0.717, 1.165) is 0 Å². The summed E-state index contributed by atoms with van der Waals surface area (Å²) in [7, 11) is 0. The van der Waals surface area contributed by atoms with Gasteiger partial charge in [-0.15, -0.1) is 0 Å².